The highest BCUT2D eigenvalue weighted by Gasteiger charge is 2.09. The number of ether oxygens (including phenoxy) is 3. The Hall–Kier alpha value is -1.58. The van der Waals surface area contributed by atoms with E-state index in [9.17, 15) is 0 Å². The summed E-state index contributed by atoms with van der Waals surface area (Å²) in [6.45, 7) is 6.33. The summed E-state index contributed by atoms with van der Waals surface area (Å²) in [7, 11) is 1.74. The Bertz CT molecular complexity index is 950. The van der Waals surface area contributed by atoms with E-state index in [2.05, 4.69) is 34.0 Å². The number of benzene rings is 1. The quantitative estimate of drug-likeness (QED) is 0.141. The molecule has 1 aromatic carbocycles. The van der Waals surface area contributed by atoms with Gasteiger partial charge in [0.25, 0.3) is 0 Å². The molecule has 1 N–H and O–H groups in total. The van der Waals surface area contributed by atoms with Gasteiger partial charge in [0.1, 0.15) is 0 Å². The molecular formula is C27H39N3O3S2. The molecule has 2 aromatic heterocycles. The van der Waals surface area contributed by atoms with Gasteiger partial charge in [0.15, 0.2) is 5.16 Å². The number of rotatable bonds is 19. The Balaban J connectivity index is 1.23. The lowest BCUT2D eigenvalue weighted by molar-refractivity contribution is 0.0961. The maximum atomic E-state index is 5.78. The molecule has 0 saturated carbocycles. The van der Waals surface area contributed by atoms with Crippen molar-refractivity contribution in [2.75, 3.05) is 45.9 Å². The fraction of sp³-hybridized carbons (Fsp3) is 0.556. The van der Waals surface area contributed by atoms with E-state index in [-0.39, 0.29) is 0 Å². The normalized spacial score (nSPS) is 11.5. The first-order valence-corrected chi connectivity index (χ1v) is 14.5. The van der Waals surface area contributed by atoms with Gasteiger partial charge >= 0.3 is 0 Å². The lowest BCUT2D eigenvalue weighted by atomic mass is 10.2. The van der Waals surface area contributed by atoms with Gasteiger partial charge in [0, 0.05) is 57.0 Å². The molecule has 35 heavy (non-hydrogen) atoms. The van der Waals surface area contributed by atoms with Gasteiger partial charge in [-0.15, -0.1) is 11.8 Å². The van der Waals surface area contributed by atoms with Gasteiger partial charge in [-0.3, -0.25) is 4.98 Å². The third kappa shape index (κ3) is 10.5. The summed E-state index contributed by atoms with van der Waals surface area (Å²) in [5.74, 6) is 1.91. The maximum Gasteiger partial charge on any atom is 0.166 e. The van der Waals surface area contributed by atoms with Crippen LogP contribution in [0.2, 0.25) is 0 Å². The average molecular weight is 518 g/mol. The van der Waals surface area contributed by atoms with E-state index in [0.29, 0.717) is 0 Å². The Kier molecular flexibility index (Phi) is 13.6. The van der Waals surface area contributed by atoms with Gasteiger partial charge < -0.3 is 19.2 Å². The monoisotopic (exact) mass is 517 g/mol. The van der Waals surface area contributed by atoms with E-state index >= 15 is 0 Å². The third-order valence-electron chi connectivity index (χ3n) is 5.63. The Morgan fingerprint density at radius 3 is 2.23 bits per heavy atom. The molecule has 0 aliphatic heterocycles. The highest BCUT2D eigenvalue weighted by molar-refractivity contribution is 7.99. The van der Waals surface area contributed by atoms with Crippen LogP contribution in [0.1, 0.15) is 49.8 Å². The van der Waals surface area contributed by atoms with Crippen molar-refractivity contribution in [2.24, 2.45) is 0 Å². The molecule has 3 rings (SSSR count). The van der Waals surface area contributed by atoms with E-state index in [1.165, 1.54) is 10.5 Å². The third-order valence-corrected chi connectivity index (χ3v) is 7.76. The number of para-hydroxylation sites is 2. The van der Waals surface area contributed by atoms with Crippen LogP contribution in [0.15, 0.2) is 46.6 Å². The second-order valence-electron chi connectivity index (χ2n) is 8.42. The first-order chi connectivity index (χ1) is 17.3. The van der Waals surface area contributed by atoms with Crippen molar-refractivity contribution in [2.45, 2.75) is 61.3 Å². The fourth-order valence-electron chi connectivity index (χ4n) is 3.55. The molecule has 0 atom stereocenters. The van der Waals surface area contributed by atoms with Crippen molar-refractivity contribution in [3.63, 3.8) is 0 Å². The molecule has 0 bridgehead atoms. The molecule has 0 fully saturated rings. The molecule has 0 saturated heterocycles. The summed E-state index contributed by atoms with van der Waals surface area (Å²) in [5.41, 5.74) is 4.49. The molecule has 3 aromatic rings. The minimum Gasteiger partial charge on any atom is -0.385 e. The first kappa shape index (κ1) is 28.0. The second-order valence-corrected chi connectivity index (χ2v) is 10.5. The maximum absolute atomic E-state index is 5.78. The van der Waals surface area contributed by atoms with Crippen LogP contribution in [-0.2, 0) is 20.0 Å². The van der Waals surface area contributed by atoms with Crippen LogP contribution in [0.5, 0.6) is 0 Å². The number of H-pyrrole nitrogens is 1. The Morgan fingerprint density at radius 1 is 0.829 bits per heavy atom. The number of nitrogens with one attached hydrogen (secondary N) is 1. The van der Waals surface area contributed by atoms with Crippen LogP contribution in [-0.4, -0.2) is 60.8 Å². The average Bonchev–Trinajstić information content (AvgIpc) is 3.29. The molecule has 0 aliphatic rings. The number of nitrogens with zero attached hydrogens (tertiary/aromatic N) is 2. The summed E-state index contributed by atoms with van der Waals surface area (Å²) in [4.78, 5) is 14.0. The lowest BCUT2D eigenvalue weighted by Crippen LogP contribution is -2.02. The standard InChI is InChI=1S/C27H39N3O3S2/c1-22-25(21-35-27-29-23-11-3-4-12-24(23)30-27)28-14-13-26(22)34-20-10-9-19-33-18-8-7-17-32-16-6-5-15-31-2/h3-4,11-14H,5-10,15-21H2,1-2H3,(H,29,30). The SMILES string of the molecule is COCCCCOCCCCOCCCCSc1ccnc(CSc2nc3ccccc3[nH]2)c1C. The zero-order valence-corrected chi connectivity index (χ0v) is 22.7. The van der Waals surface area contributed by atoms with E-state index in [4.69, 9.17) is 14.2 Å². The fourth-order valence-corrected chi connectivity index (χ4v) is 5.52. The van der Waals surface area contributed by atoms with Crippen LogP contribution < -0.4 is 0 Å². The smallest absolute Gasteiger partial charge is 0.166 e. The number of unbranched alkanes of at least 4 members (excludes halogenated alkanes) is 3. The number of methoxy groups -OCH3 is 1. The minimum absolute atomic E-state index is 0.812. The molecule has 0 unspecified atom stereocenters. The van der Waals surface area contributed by atoms with Crippen molar-refractivity contribution in [1.29, 1.82) is 0 Å². The van der Waals surface area contributed by atoms with Crippen molar-refractivity contribution in [3.05, 3.63) is 47.8 Å². The zero-order chi connectivity index (χ0) is 24.6. The van der Waals surface area contributed by atoms with Crippen molar-refractivity contribution < 1.29 is 14.2 Å². The molecule has 0 amide bonds. The van der Waals surface area contributed by atoms with E-state index in [0.717, 1.165) is 105 Å². The summed E-state index contributed by atoms with van der Waals surface area (Å²) in [6.07, 6.45) is 8.46. The predicted octanol–water partition coefficient (Wildman–Crippen LogP) is 6.67. The number of aromatic amines is 1. The van der Waals surface area contributed by atoms with E-state index < -0.39 is 0 Å². The van der Waals surface area contributed by atoms with Crippen LogP contribution in [0.3, 0.4) is 0 Å². The minimum atomic E-state index is 0.812. The number of imidazole rings is 1. The first-order valence-electron chi connectivity index (χ1n) is 12.6. The molecule has 8 heteroatoms. The second kappa shape index (κ2) is 17.0. The Morgan fingerprint density at radius 2 is 1.51 bits per heavy atom. The van der Waals surface area contributed by atoms with Crippen molar-refractivity contribution in [3.8, 4) is 0 Å². The van der Waals surface area contributed by atoms with Crippen molar-refractivity contribution in [1.82, 2.24) is 15.0 Å². The summed E-state index contributed by atoms with van der Waals surface area (Å²) in [5, 5.41) is 0.941. The number of hydrogen-bond donors (Lipinski definition) is 1. The van der Waals surface area contributed by atoms with Gasteiger partial charge in [-0.05, 0) is 75.0 Å². The number of fused-ring (bicyclic) bond motifs is 1. The van der Waals surface area contributed by atoms with Gasteiger partial charge in [-0.25, -0.2) is 4.98 Å². The number of pyridine rings is 1. The van der Waals surface area contributed by atoms with E-state index in [1.807, 2.05) is 36.2 Å². The highest BCUT2D eigenvalue weighted by atomic mass is 32.2. The highest BCUT2D eigenvalue weighted by Crippen LogP contribution is 2.28. The van der Waals surface area contributed by atoms with Crippen LogP contribution in [0.25, 0.3) is 11.0 Å². The van der Waals surface area contributed by atoms with E-state index in [1.54, 1.807) is 18.9 Å². The van der Waals surface area contributed by atoms with Crippen LogP contribution in [0.4, 0.5) is 0 Å². The predicted molar refractivity (Wildman–Crippen MR) is 147 cm³/mol. The lowest BCUT2D eigenvalue weighted by Gasteiger charge is -2.10. The summed E-state index contributed by atoms with van der Waals surface area (Å²) >= 11 is 3.62. The van der Waals surface area contributed by atoms with Gasteiger partial charge in [0.2, 0.25) is 0 Å². The van der Waals surface area contributed by atoms with Gasteiger partial charge in [-0.2, -0.15) is 0 Å². The number of aromatic nitrogens is 3. The van der Waals surface area contributed by atoms with Gasteiger partial charge in [0.05, 0.1) is 16.7 Å². The zero-order valence-electron chi connectivity index (χ0n) is 21.1. The number of hydrogen-bond acceptors (Lipinski definition) is 7. The van der Waals surface area contributed by atoms with Crippen LogP contribution in [0, 0.1) is 6.92 Å². The largest absolute Gasteiger partial charge is 0.385 e. The summed E-state index contributed by atoms with van der Waals surface area (Å²) in [6, 6.07) is 10.3. The molecular weight excluding hydrogens is 478 g/mol. The van der Waals surface area contributed by atoms with Crippen LogP contribution >= 0.6 is 23.5 Å². The summed E-state index contributed by atoms with van der Waals surface area (Å²) < 4.78 is 16.4. The van der Waals surface area contributed by atoms with Gasteiger partial charge in [-0.1, -0.05) is 23.9 Å². The molecule has 0 spiro atoms. The molecule has 2 heterocycles. The number of thioether (sulfide) groups is 2. The molecule has 0 aliphatic carbocycles. The van der Waals surface area contributed by atoms with Crippen molar-refractivity contribution >= 4 is 34.6 Å². The Labute approximate surface area is 218 Å². The topological polar surface area (TPSA) is 69.3 Å². The molecule has 192 valence electrons. The molecule has 6 nitrogen and oxygen atoms in total. The molecule has 0 radical (unpaired) electrons.